The van der Waals surface area contributed by atoms with Gasteiger partial charge in [-0.1, -0.05) is 15.9 Å². The summed E-state index contributed by atoms with van der Waals surface area (Å²) in [6, 6.07) is 8.89. The van der Waals surface area contributed by atoms with Crippen LogP contribution in [0.4, 0.5) is 5.69 Å². The molecule has 0 aromatic heterocycles. The van der Waals surface area contributed by atoms with Gasteiger partial charge in [0.2, 0.25) is 0 Å². The predicted octanol–water partition coefficient (Wildman–Crippen LogP) is 3.27. The summed E-state index contributed by atoms with van der Waals surface area (Å²) in [5.74, 6) is 0.999. The number of hydrogen-bond donors (Lipinski definition) is 0. The van der Waals surface area contributed by atoms with E-state index in [4.69, 9.17) is 5.26 Å². The maximum atomic E-state index is 8.74. The minimum Gasteiger partial charge on any atom is -0.369 e. The molecular formula is C11H11BrN2S. The lowest BCUT2D eigenvalue weighted by Gasteiger charge is -2.34. The molecule has 4 heteroatoms. The molecule has 0 saturated heterocycles. The maximum Gasteiger partial charge on any atom is 0.0643 e. The molecule has 1 aromatic rings. The standard InChI is InChI=1S/C11H11BrN2S/c1-14-9(4-5-13)7-15-11-3-2-8(12)6-10(11)14/h2-3,6,9H,4,7H2,1H3. The molecule has 0 fully saturated rings. The van der Waals surface area contributed by atoms with Crippen molar-refractivity contribution in [1.29, 1.82) is 5.26 Å². The van der Waals surface area contributed by atoms with Gasteiger partial charge in [-0.3, -0.25) is 0 Å². The zero-order valence-corrected chi connectivity index (χ0v) is 10.8. The van der Waals surface area contributed by atoms with E-state index in [9.17, 15) is 0 Å². The minimum absolute atomic E-state index is 0.335. The molecule has 1 aromatic carbocycles. The second-order valence-corrected chi connectivity index (χ2v) is 5.53. The molecule has 2 nitrogen and oxygen atoms in total. The van der Waals surface area contributed by atoms with Crippen LogP contribution in [0.25, 0.3) is 0 Å². The molecule has 15 heavy (non-hydrogen) atoms. The summed E-state index contributed by atoms with van der Waals surface area (Å²) < 4.78 is 1.09. The van der Waals surface area contributed by atoms with Crippen molar-refractivity contribution in [3.63, 3.8) is 0 Å². The monoisotopic (exact) mass is 282 g/mol. The summed E-state index contributed by atoms with van der Waals surface area (Å²) in [4.78, 5) is 3.51. The highest BCUT2D eigenvalue weighted by molar-refractivity contribution is 9.10. The highest BCUT2D eigenvalue weighted by Crippen LogP contribution is 2.38. The lowest BCUT2D eigenvalue weighted by molar-refractivity contribution is 0.698. The van der Waals surface area contributed by atoms with E-state index in [-0.39, 0.29) is 0 Å². The molecule has 0 bridgehead atoms. The third kappa shape index (κ3) is 2.14. The van der Waals surface area contributed by atoms with Gasteiger partial charge in [-0.2, -0.15) is 5.26 Å². The van der Waals surface area contributed by atoms with Crippen LogP contribution >= 0.6 is 27.7 Å². The van der Waals surface area contributed by atoms with E-state index in [1.54, 1.807) is 0 Å². The van der Waals surface area contributed by atoms with Crippen molar-refractivity contribution >= 4 is 33.4 Å². The highest BCUT2D eigenvalue weighted by Gasteiger charge is 2.23. The first-order valence-electron chi connectivity index (χ1n) is 4.74. The van der Waals surface area contributed by atoms with Crippen molar-refractivity contribution in [2.24, 2.45) is 0 Å². The van der Waals surface area contributed by atoms with Gasteiger partial charge in [0.05, 0.1) is 24.2 Å². The van der Waals surface area contributed by atoms with Gasteiger partial charge in [-0.15, -0.1) is 11.8 Å². The number of benzene rings is 1. The van der Waals surface area contributed by atoms with Gasteiger partial charge < -0.3 is 4.90 Å². The molecule has 1 atom stereocenters. The first-order valence-corrected chi connectivity index (χ1v) is 6.52. The van der Waals surface area contributed by atoms with Crippen LogP contribution in [0.15, 0.2) is 27.6 Å². The third-order valence-corrected chi connectivity index (χ3v) is 4.31. The molecule has 2 rings (SSSR count). The van der Waals surface area contributed by atoms with Crippen LogP contribution in [0.1, 0.15) is 6.42 Å². The van der Waals surface area contributed by atoms with Gasteiger partial charge in [-0.25, -0.2) is 0 Å². The molecule has 1 aliphatic heterocycles. The quantitative estimate of drug-likeness (QED) is 0.791. The van der Waals surface area contributed by atoms with E-state index in [1.165, 1.54) is 10.6 Å². The summed E-state index contributed by atoms with van der Waals surface area (Å²) in [6.07, 6.45) is 0.593. The Hall–Kier alpha value is -0.660. The largest absolute Gasteiger partial charge is 0.369 e. The maximum absolute atomic E-state index is 8.74. The fourth-order valence-corrected chi connectivity index (χ4v) is 3.26. The Labute approximate surface area is 102 Å². The topological polar surface area (TPSA) is 27.0 Å². The lowest BCUT2D eigenvalue weighted by Crippen LogP contribution is -2.36. The number of fused-ring (bicyclic) bond motifs is 1. The van der Waals surface area contributed by atoms with E-state index in [0.29, 0.717) is 12.5 Å². The van der Waals surface area contributed by atoms with Crippen molar-refractivity contribution in [2.45, 2.75) is 17.4 Å². The Balaban J connectivity index is 2.32. The van der Waals surface area contributed by atoms with Gasteiger partial charge in [-0.05, 0) is 18.2 Å². The molecule has 0 amide bonds. The van der Waals surface area contributed by atoms with Gasteiger partial charge in [0.1, 0.15) is 0 Å². The van der Waals surface area contributed by atoms with Crippen molar-refractivity contribution in [3.8, 4) is 6.07 Å². The van der Waals surface area contributed by atoms with Gasteiger partial charge in [0, 0.05) is 22.2 Å². The van der Waals surface area contributed by atoms with Crippen molar-refractivity contribution in [1.82, 2.24) is 0 Å². The van der Waals surface area contributed by atoms with E-state index >= 15 is 0 Å². The molecule has 1 heterocycles. The average molecular weight is 283 g/mol. The predicted molar refractivity (Wildman–Crippen MR) is 67.3 cm³/mol. The molecular weight excluding hydrogens is 272 g/mol. The Morgan fingerprint density at radius 1 is 1.67 bits per heavy atom. The third-order valence-electron chi connectivity index (χ3n) is 2.61. The zero-order chi connectivity index (χ0) is 10.8. The van der Waals surface area contributed by atoms with Crippen molar-refractivity contribution < 1.29 is 0 Å². The van der Waals surface area contributed by atoms with Crippen LogP contribution in [-0.2, 0) is 0 Å². The molecule has 1 unspecified atom stereocenters. The summed E-state index contributed by atoms with van der Waals surface area (Å²) in [5.41, 5.74) is 1.22. The number of rotatable bonds is 1. The first-order chi connectivity index (χ1) is 7.22. The van der Waals surface area contributed by atoms with Crippen LogP contribution in [0.5, 0.6) is 0 Å². The van der Waals surface area contributed by atoms with Gasteiger partial charge in [0.15, 0.2) is 0 Å². The normalized spacial score (nSPS) is 19.5. The van der Waals surface area contributed by atoms with Crippen LogP contribution in [0.3, 0.4) is 0 Å². The SMILES string of the molecule is CN1c2cc(Br)ccc2SCC1CC#N. The Morgan fingerprint density at radius 3 is 3.20 bits per heavy atom. The van der Waals surface area contributed by atoms with Crippen LogP contribution in [-0.4, -0.2) is 18.8 Å². The molecule has 78 valence electrons. The summed E-state index contributed by atoms with van der Waals surface area (Å²) in [7, 11) is 2.06. The van der Waals surface area contributed by atoms with Crippen LogP contribution in [0, 0.1) is 11.3 Å². The highest BCUT2D eigenvalue weighted by atomic mass is 79.9. The number of anilines is 1. The van der Waals surface area contributed by atoms with E-state index in [0.717, 1.165) is 10.2 Å². The van der Waals surface area contributed by atoms with E-state index < -0.39 is 0 Å². The van der Waals surface area contributed by atoms with Crippen molar-refractivity contribution in [3.05, 3.63) is 22.7 Å². The first kappa shape index (κ1) is 10.8. The summed E-state index contributed by atoms with van der Waals surface area (Å²) in [5, 5.41) is 8.74. The summed E-state index contributed by atoms with van der Waals surface area (Å²) in [6.45, 7) is 0. The number of nitrogens with zero attached hydrogens (tertiary/aromatic N) is 2. The Kier molecular flexibility index (Phi) is 3.22. The van der Waals surface area contributed by atoms with Crippen molar-refractivity contribution in [2.75, 3.05) is 17.7 Å². The molecule has 0 saturated carbocycles. The smallest absolute Gasteiger partial charge is 0.0643 e. The Bertz CT molecular complexity index is 414. The number of nitriles is 1. The molecule has 0 aliphatic carbocycles. The average Bonchev–Trinajstić information content (AvgIpc) is 2.23. The lowest BCUT2D eigenvalue weighted by atomic mass is 10.2. The zero-order valence-electron chi connectivity index (χ0n) is 8.40. The number of thioether (sulfide) groups is 1. The van der Waals surface area contributed by atoms with Gasteiger partial charge >= 0.3 is 0 Å². The summed E-state index contributed by atoms with van der Waals surface area (Å²) >= 11 is 5.31. The molecule has 0 N–H and O–H groups in total. The van der Waals surface area contributed by atoms with Crippen LogP contribution in [0.2, 0.25) is 0 Å². The molecule has 0 radical (unpaired) electrons. The second kappa shape index (κ2) is 4.46. The van der Waals surface area contributed by atoms with E-state index in [1.807, 2.05) is 11.8 Å². The van der Waals surface area contributed by atoms with Gasteiger partial charge in [0.25, 0.3) is 0 Å². The second-order valence-electron chi connectivity index (χ2n) is 3.55. The minimum atomic E-state index is 0.335. The number of hydrogen-bond acceptors (Lipinski definition) is 3. The number of halogens is 1. The molecule has 0 spiro atoms. The molecule has 1 aliphatic rings. The fraction of sp³-hybridized carbons (Fsp3) is 0.364. The van der Waals surface area contributed by atoms with E-state index in [2.05, 4.69) is 52.1 Å². The fourth-order valence-electron chi connectivity index (χ4n) is 1.68. The Morgan fingerprint density at radius 2 is 2.47 bits per heavy atom. The van der Waals surface area contributed by atoms with Crippen LogP contribution < -0.4 is 4.90 Å².